The molecule has 2 fully saturated rings. The summed E-state index contributed by atoms with van der Waals surface area (Å²) in [5, 5.41) is 3.69. The van der Waals surface area contributed by atoms with Crippen molar-refractivity contribution in [1.82, 2.24) is 10.2 Å². The van der Waals surface area contributed by atoms with E-state index in [1.54, 1.807) is 0 Å². The van der Waals surface area contributed by atoms with Crippen LogP contribution >= 0.6 is 0 Å². The van der Waals surface area contributed by atoms with Crippen molar-refractivity contribution in [3.8, 4) is 0 Å². The molecular weight excluding hydrogens is 208 g/mol. The zero-order chi connectivity index (χ0) is 12.3. The summed E-state index contributed by atoms with van der Waals surface area (Å²) < 4.78 is 0. The van der Waals surface area contributed by atoms with E-state index in [4.69, 9.17) is 0 Å². The number of hydrogen-bond donors (Lipinski definition) is 1. The van der Waals surface area contributed by atoms with Crippen LogP contribution in [0.15, 0.2) is 0 Å². The summed E-state index contributed by atoms with van der Waals surface area (Å²) >= 11 is 0. The minimum absolute atomic E-state index is 0.709. The topological polar surface area (TPSA) is 15.3 Å². The van der Waals surface area contributed by atoms with Crippen LogP contribution in [0.2, 0.25) is 0 Å². The standard InChI is InChI=1S/C15H30N2/c1-12(2)11-17(15-6-4-5-7-15)13(3)10-16-14-8-9-14/h12-16H,4-11H2,1-3H3. The van der Waals surface area contributed by atoms with E-state index in [2.05, 4.69) is 31.0 Å². The molecule has 0 aliphatic heterocycles. The molecule has 0 heterocycles. The fourth-order valence-corrected chi connectivity index (χ4v) is 3.09. The molecule has 2 rings (SSSR count). The SMILES string of the molecule is CC(C)CN(C(C)CNC1CC1)C1CCCC1. The Kier molecular flexibility index (Phi) is 4.87. The molecule has 17 heavy (non-hydrogen) atoms. The third-order valence-electron chi connectivity index (χ3n) is 4.22. The van der Waals surface area contributed by atoms with Gasteiger partial charge in [-0.05, 0) is 38.5 Å². The first-order valence-corrected chi connectivity index (χ1v) is 7.66. The van der Waals surface area contributed by atoms with Crippen molar-refractivity contribution < 1.29 is 0 Å². The molecule has 100 valence electrons. The Morgan fingerprint density at radius 2 is 1.71 bits per heavy atom. The van der Waals surface area contributed by atoms with Crippen LogP contribution in [0.25, 0.3) is 0 Å². The first kappa shape index (κ1) is 13.4. The lowest BCUT2D eigenvalue weighted by Crippen LogP contribution is -2.47. The van der Waals surface area contributed by atoms with Gasteiger partial charge in [-0.1, -0.05) is 26.7 Å². The molecular formula is C15H30N2. The molecule has 0 aromatic heterocycles. The molecule has 1 unspecified atom stereocenters. The van der Waals surface area contributed by atoms with Crippen LogP contribution in [0.5, 0.6) is 0 Å². The van der Waals surface area contributed by atoms with E-state index in [-0.39, 0.29) is 0 Å². The first-order valence-electron chi connectivity index (χ1n) is 7.66. The van der Waals surface area contributed by atoms with Crippen LogP contribution in [0, 0.1) is 5.92 Å². The highest BCUT2D eigenvalue weighted by atomic mass is 15.2. The minimum Gasteiger partial charge on any atom is -0.312 e. The molecule has 0 aromatic rings. The minimum atomic E-state index is 0.709. The summed E-state index contributed by atoms with van der Waals surface area (Å²) in [5.41, 5.74) is 0. The third-order valence-corrected chi connectivity index (χ3v) is 4.22. The van der Waals surface area contributed by atoms with Gasteiger partial charge in [-0.3, -0.25) is 4.90 Å². The lowest BCUT2D eigenvalue weighted by molar-refractivity contribution is 0.125. The van der Waals surface area contributed by atoms with Gasteiger partial charge in [0.2, 0.25) is 0 Å². The maximum atomic E-state index is 3.69. The molecule has 2 saturated carbocycles. The van der Waals surface area contributed by atoms with E-state index < -0.39 is 0 Å². The second-order valence-electron chi connectivity index (χ2n) is 6.56. The van der Waals surface area contributed by atoms with Crippen LogP contribution in [0.1, 0.15) is 59.3 Å². The molecule has 0 spiro atoms. The molecule has 2 nitrogen and oxygen atoms in total. The fraction of sp³-hybridized carbons (Fsp3) is 1.00. The van der Waals surface area contributed by atoms with Gasteiger partial charge < -0.3 is 5.32 Å². The average molecular weight is 238 g/mol. The largest absolute Gasteiger partial charge is 0.312 e. The number of nitrogens with zero attached hydrogens (tertiary/aromatic N) is 1. The Labute approximate surface area is 107 Å². The Hall–Kier alpha value is -0.0800. The van der Waals surface area contributed by atoms with Gasteiger partial charge in [-0.15, -0.1) is 0 Å². The second-order valence-corrected chi connectivity index (χ2v) is 6.56. The van der Waals surface area contributed by atoms with E-state index in [1.807, 2.05) is 0 Å². The van der Waals surface area contributed by atoms with Gasteiger partial charge in [0, 0.05) is 31.2 Å². The Morgan fingerprint density at radius 1 is 1.06 bits per heavy atom. The molecule has 2 aliphatic rings. The smallest absolute Gasteiger partial charge is 0.0195 e. The number of nitrogens with one attached hydrogen (secondary N) is 1. The zero-order valence-electron chi connectivity index (χ0n) is 11.9. The van der Waals surface area contributed by atoms with E-state index >= 15 is 0 Å². The van der Waals surface area contributed by atoms with E-state index in [9.17, 15) is 0 Å². The van der Waals surface area contributed by atoms with Gasteiger partial charge in [-0.25, -0.2) is 0 Å². The molecule has 2 aliphatic carbocycles. The molecule has 0 aromatic carbocycles. The van der Waals surface area contributed by atoms with E-state index in [0.717, 1.165) is 18.0 Å². The second kappa shape index (κ2) is 6.19. The highest BCUT2D eigenvalue weighted by Crippen LogP contribution is 2.26. The van der Waals surface area contributed by atoms with Crippen LogP contribution in [-0.4, -0.2) is 36.1 Å². The summed E-state index contributed by atoms with van der Waals surface area (Å²) in [4.78, 5) is 2.78. The molecule has 1 N–H and O–H groups in total. The van der Waals surface area contributed by atoms with Crippen LogP contribution < -0.4 is 5.32 Å². The van der Waals surface area contributed by atoms with Gasteiger partial charge in [0.25, 0.3) is 0 Å². The van der Waals surface area contributed by atoms with Crippen molar-refractivity contribution in [2.75, 3.05) is 13.1 Å². The predicted molar refractivity (Wildman–Crippen MR) is 74.3 cm³/mol. The highest BCUT2D eigenvalue weighted by molar-refractivity contribution is 4.86. The molecule has 2 heteroatoms. The fourth-order valence-electron chi connectivity index (χ4n) is 3.09. The summed E-state index contributed by atoms with van der Waals surface area (Å²) in [6.07, 6.45) is 8.56. The van der Waals surface area contributed by atoms with Crippen molar-refractivity contribution >= 4 is 0 Å². The summed E-state index contributed by atoms with van der Waals surface area (Å²) in [7, 11) is 0. The van der Waals surface area contributed by atoms with Crippen LogP contribution in [0.3, 0.4) is 0 Å². The summed E-state index contributed by atoms with van der Waals surface area (Å²) in [6.45, 7) is 9.58. The van der Waals surface area contributed by atoms with Crippen LogP contribution in [-0.2, 0) is 0 Å². The number of rotatable bonds is 7. The highest BCUT2D eigenvalue weighted by Gasteiger charge is 2.28. The lowest BCUT2D eigenvalue weighted by Gasteiger charge is -2.36. The average Bonchev–Trinajstić information content (AvgIpc) is 2.96. The van der Waals surface area contributed by atoms with Crippen molar-refractivity contribution in [3.63, 3.8) is 0 Å². The molecule has 0 bridgehead atoms. The summed E-state index contributed by atoms with van der Waals surface area (Å²) in [6, 6.07) is 2.43. The van der Waals surface area contributed by atoms with Crippen LogP contribution in [0.4, 0.5) is 0 Å². The van der Waals surface area contributed by atoms with Crippen molar-refractivity contribution in [2.24, 2.45) is 5.92 Å². The van der Waals surface area contributed by atoms with Gasteiger partial charge in [0.15, 0.2) is 0 Å². The van der Waals surface area contributed by atoms with Crippen molar-refractivity contribution in [1.29, 1.82) is 0 Å². The molecule has 1 atom stereocenters. The predicted octanol–water partition coefficient (Wildman–Crippen LogP) is 3.03. The van der Waals surface area contributed by atoms with Gasteiger partial charge in [-0.2, -0.15) is 0 Å². The normalized spacial score (nSPS) is 23.8. The monoisotopic (exact) mass is 238 g/mol. The number of hydrogen-bond acceptors (Lipinski definition) is 2. The Balaban J connectivity index is 1.82. The van der Waals surface area contributed by atoms with Gasteiger partial charge >= 0.3 is 0 Å². The van der Waals surface area contributed by atoms with E-state index in [1.165, 1.54) is 51.6 Å². The zero-order valence-corrected chi connectivity index (χ0v) is 11.9. The quantitative estimate of drug-likeness (QED) is 0.733. The van der Waals surface area contributed by atoms with Gasteiger partial charge in [0.05, 0.1) is 0 Å². The van der Waals surface area contributed by atoms with Gasteiger partial charge in [0.1, 0.15) is 0 Å². The lowest BCUT2D eigenvalue weighted by atomic mass is 10.1. The third kappa shape index (κ3) is 4.26. The Morgan fingerprint density at radius 3 is 2.24 bits per heavy atom. The Bertz CT molecular complexity index is 217. The van der Waals surface area contributed by atoms with E-state index in [0.29, 0.717) is 6.04 Å². The van der Waals surface area contributed by atoms with Crippen molar-refractivity contribution in [2.45, 2.75) is 77.4 Å². The maximum absolute atomic E-state index is 3.69. The molecule has 0 saturated heterocycles. The molecule has 0 amide bonds. The first-order chi connectivity index (χ1) is 8.16. The molecule has 0 radical (unpaired) electrons. The van der Waals surface area contributed by atoms with Crippen molar-refractivity contribution in [3.05, 3.63) is 0 Å². The summed E-state index contributed by atoms with van der Waals surface area (Å²) in [5.74, 6) is 0.791. The maximum Gasteiger partial charge on any atom is 0.0195 e.